The minimum Gasteiger partial charge on any atom is -0.378 e. The van der Waals surface area contributed by atoms with Crippen LogP contribution < -0.4 is 5.32 Å². The zero-order chi connectivity index (χ0) is 12.4. The Balaban J connectivity index is 0.00000162. The lowest BCUT2D eigenvalue weighted by atomic mass is 10.3. The summed E-state index contributed by atoms with van der Waals surface area (Å²) >= 11 is 0. The topological polar surface area (TPSA) is 47.7 Å². The molecule has 0 fully saturated rings. The molecule has 0 aliphatic rings. The van der Waals surface area contributed by atoms with E-state index in [1.54, 1.807) is 13.2 Å². The van der Waals surface area contributed by atoms with E-state index in [9.17, 15) is 4.39 Å². The summed E-state index contributed by atoms with van der Waals surface area (Å²) in [5.41, 5.74) is 1.42. The number of halogens is 2. The van der Waals surface area contributed by atoms with Gasteiger partial charge in [0, 0.05) is 31.4 Å². The Labute approximate surface area is 111 Å². The highest BCUT2D eigenvalue weighted by atomic mass is 35.5. The largest absolute Gasteiger partial charge is 0.378 e. The number of anilines is 1. The molecule has 18 heavy (non-hydrogen) atoms. The summed E-state index contributed by atoms with van der Waals surface area (Å²) in [6, 6.07) is 0.320. The Hall–Kier alpha value is -1.56. The van der Waals surface area contributed by atoms with Gasteiger partial charge in [0.15, 0.2) is 0 Å². The van der Waals surface area contributed by atoms with Gasteiger partial charge < -0.3 is 5.32 Å². The molecule has 0 aliphatic heterocycles. The fourth-order valence-electron chi connectivity index (χ4n) is 1.50. The van der Waals surface area contributed by atoms with E-state index in [0.29, 0.717) is 18.2 Å². The Morgan fingerprint density at radius 2 is 2.06 bits per heavy atom. The highest BCUT2D eigenvalue weighted by molar-refractivity contribution is 5.85. The van der Waals surface area contributed by atoms with E-state index in [2.05, 4.69) is 29.4 Å². The number of rotatable bonds is 4. The number of aryl methyl sites for hydroxylation is 1. The standard InChI is InChI=1S/C11H16FN5.ClH/c1-8(2)17-7-10(6-15-17)13-4-9-5-14-16(3)11(9)12;/h5-8,13H,4H2,1-3H3;1H. The van der Waals surface area contributed by atoms with Crippen LogP contribution in [0.1, 0.15) is 25.5 Å². The van der Waals surface area contributed by atoms with Crippen LogP contribution in [0.25, 0.3) is 0 Å². The molecular formula is C11H17ClFN5. The van der Waals surface area contributed by atoms with Gasteiger partial charge in [0.1, 0.15) is 0 Å². The van der Waals surface area contributed by atoms with E-state index in [4.69, 9.17) is 0 Å². The summed E-state index contributed by atoms with van der Waals surface area (Å²) in [7, 11) is 1.58. The molecule has 0 bridgehead atoms. The van der Waals surface area contributed by atoms with Crippen LogP contribution in [0.5, 0.6) is 0 Å². The molecule has 2 aromatic rings. The van der Waals surface area contributed by atoms with Crippen LogP contribution in [0.4, 0.5) is 10.1 Å². The molecule has 100 valence electrons. The Kier molecular flexibility index (Phi) is 4.72. The van der Waals surface area contributed by atoms with Crippen molar-refractivity contribution in [2.45, 2.75) is 26.4 Å². The van der Waals surface area contributed by atoms with Crippen LogP contribution in [0.3, 0.4) is 0 Å². The third-order valence-corrected chi connectivity index (χ3v) is 2.55. The van der Waals surface area contributed by atoms with E-state index in [0.717, 1.165) is 5.69 Å². The molecule has 5 nitrogen and oxygen atoms in total. The van der Waals surface area contributed by atoms with Crippen molar-refractivity contribution in [2.75, 3.05) is 5.32 Å². The van der Waals surface area contributed by atoms with Gasteiger partial charge >= 0.3 is 0 Å². The predicted molar refractivity (Wildman–Crippen MR) is 70.4 cm³/mol. The van der Waals surface area contributed by atoms with Gasteiger partial charge in [-0.1, -0.05) is 0 Å². The second-order valence-electron chi connectivity index (χ2n) is 4.24. The molecule has 7 heteroatoms. The minimum absolute atomic E-state index is 0. The maximum atomic E-state index is 13.4. The number of hydrogen-bond acceptors (Lipinski definition) is 3. The summed E-state index contributed by atoms with van der Waals surface area (Å²) in [5.74, 6) is -0.311. The van der Waals surface area contributed by atoms with E-state index in [1.165, 1.54) is 10.9 Å². The molecule has 0 saturated heterocycles. The number of aromatic nitrogens is 4. The molecule has 2 heterocycles. The molecule has 2 rings (SSSR count). The fourth-order valence-corrected chi connectivity index (χ4v) is 1.50. The van der Waals surface area contributed by atoms with Gasteiger partial charge in [-0.2, -0.15) is 14.6 Å². The summed E-state index contributed by atoms with van der Waals surface area (Å²) in [6.07, 6.45) is 5.16. The van der Waals surface area contributed by atoms with Crippen molar-refractivity contribution in [3.63, 3.8) is 0 Å². The quantitative estimate of drug-likeness (QED) is 0.930. The first-order chi connectivity index (χ1) is 8.08. The predicted octanol–water partition coefficient (Wildman–Crippen LogP) is 2.37. The highest BCUT2D eigenvalue weighted by Crippen LogP contribution is 2.12. The van der Waals surface area contributed by atoms with Crippen LogP contribution in [0.15, 0.2) is 18.6 Å². The van der Waals surface area contributed by atoms with Crippen molar-refractivity contribution in [3.8, 4) is 0 Å². The average molecular weight is 274 g/mol. The normalized spacial score (nSPS) is 10.5. The van der Waals surface area contributed by atoms with Crippen molar-refractivity contribution >= 4 is 18.1 Å². The van der Waals surface area contributed by atoms with Gasteiger partial charge in [-0.05, 0) is 13.8 Å². The summed E-state index contributed by atoms with van der Waals surface area (Å²) < 4.78 is 16.5. The van der Waals surface area contributed by atoms with Crippen LogP contribution in [-0.4, -0.2) is 19.6 Å². The first-order valence-electron chi connectivity index (χ1n) is 5.52. The summed E-state index contributed by atoms with van der Waals surface area (Å²) in [4.78, 5) is 0. The molecule has 1 N–H and O–H groups in total. The lowest BCUT2D eigenvalue weighted by Gasteiger charge is -2.04. The highest BCUT2D eigenvalue weighted by Gasteiger charge is 2.07. The number of nitrogens with zero attached hydrogens (tertiary/aromatic N) is 4. The van der Waals surface area contributed by atoms with E-state index >= 15 is 0 Å². The van der Waals surface area contributed by atoms with Gasteiger partial charge in [0.25, 0.3) is 0 Å². The monoisotopic (exact) mass is 273 g/mol. The number of hydrogen-bond donors (Lipinski definition) is 1. The lowest BCUT2D eigenvalue weighted by Crippen LogP contribution is -2.02. The van der Waals surface area contributed by atoms with Crippen molar-refractivity contribution < 1.29 is 4.39 Å². The van der Waals surface area contributed by atoms with E-state index in [1.807, 2.05) is 10.9 Å². The molecule has 2 aromatic heterocycles. The first-order valence-corrected chi connectivity index (χ1v) is 5.52. The van der Waals surface area contributed by atoms with E-state index in [-0.39, 0.29) is 18.4 Å². The molecule has 0 amide bonds. The van der Waals surface area contributed by atoms with Crippen molar-refractivity contribution in [2.24, 2.45) is 7.05 Å². The van der Waals surface area contributed by atoms with Crippen molar-refractivity contribution in [1.29, 1.82) is 0 Å². The maximum Gasteiger partial charge on any atom is 0.216 e. The average Bonchev–Trinajstić information content (AvgIpc) is 2.86. The third kappa shape index (κ3) is 3.01. The Morgan fingerprint density at radius 3 is 2.56 bits per heavy atom. The van der Waals surface area contributed by atoms with Crippen LogP contribution in [-0.2, 0) is 13.6 Å². The lowest BCUT2D eigenvalue weighted by molar-refractivity contribution is 0.496. The molecule has 0 spiro atoms. The second kappa shape index (κ2) is 5.86. The molecule has 0 unspecified atom stereocenters. The zero-order valence-corrected chi connectivity index (χ0v) is 11.4. The first kappa shape index (κ1) is 14.5. The molecule has 0 aliphatic carbocycles. The number of nitrogens with one attached hydrogen (secondary N) is 1. The van der Waals surface area contributed by atoms with Gasteiger partial charge in [0.05, 0.1) is 18.1 Å². The zero-order valence-electron chi connectivity index (χ0n) is 10.6. The van der Waals surface area contributed by atoms with Crippen molar-refractivity contribution in [1.82, 2.24) is 19.6 Å². The Bertz CT molecular complexity index is 505. The summed E-state index contributed by atoms with van der Waals surface area (Å²) in [6.45, 7) is 4.51. The molecule has 0 radical (unpaired) electrons. The van der Waals surface area contributed by atoms with Gasteiger partial charge in [-0.15, -0.1) is 12.4 Å². The molecular weight excluding hydrogens is 257 g/mol. The van der Waals surface area contributed by atoms with Crippen LogP contribution in [0.2, 0.25) is 0 Å². The Morgan fingerprint density at radius 1 is 1.33 bits per heavy atom. The van der Waals surface area contributed by atoms with Gasteiger partial charge in [-0.25, -0.2) is 4.68 Å². The fraction of sp³-hybridized carbons (Fsp3) is 0.455. The third-order valence-electron chi connectivity index (χ3n) is 2.55. The molecule has 0 atom stereocenters. The smallest absolute Gasteiger partial charge is 0.216 e. The summed E-state index contributed by atoms with van der Waals surface area (Å²) in [5, 5.41) is 11.2. The maximum absolute atomic E-state index is 13.4. The molecule has 0 saturated carbocycles. The molecule has 0 aromatic carbocycles. The van der Waals surface area contributed by atoms with Gasteiger partial charge in [0.2, 0.25) is 5.95 Å². The van der Waals surface area contributed by atoms with Crippen LogP contribution in [0, 0.1) is 5.95 Å². The second-order valence-corrected chi connectivity index (χ2v) is 4.24. The van der Waals surface area contributed by atoms with Crippen molar-refractivity contribution in [3.05, 3.63) is 30.1 Å². The minimum atomic E-state index is -0.311. The SMILES string of the molecule is CC(C)n1cc(NCc2cnn(C)c2F)cn1.Cl. The van der Waals surface area contributed by atoms with Crippen LogP contribution >= 0.6 is 12.4 Å². The van der Waals surface area contributed by atoms with Gasteiger partial charge in [-0.3, -0.25) is 4.68 Å². The van der Waals surface area contributed by atoms with E-state index < -0.39 is 0 Å².